The molecule has 0 N–H and O–H groups in total. The minimum Gasteiger partial charge on any atom is -0.492 e. The molecule has 0 fully saturated rings. The quantitative estimate of drug-likeness (QED) is 0.522. The van der Waals surface area contributed by atoms with E-state index in [1.54, 1.807) is 0 Å². The van der Waals surface area contributed by atoms with Crippen LogP contribution >= 0.6 is 0 Å². The molecule has 0 saturated carbocycles. The third-order valence-corrected chi connectivity index (χ3v) is 3.63. The van der Waals surface area contributed by atoms with Crippen molar-refractivity contribution >= 4 is 11.0 Å². The minimum atomic E-state index is -0.253. The van der Waals surface area contributed by atoms with Gasteiger partial charge in [0.2, 0.25) is 0 Å². The summed E-state index contributed by atoms with van der Waals surface area (Å²) >= 11 is 0. The molecule has 1 aromatic heterocycles. The zero-order valence-corrected chi connectivity index (χ0v) is 13.0. The summed E-state index contributed by atoms with van der Waals surface area (Å²) in [6, 6.07) is 7.60. The molecule has 0 atom stereocenters. The zero-order chi connectivity index (χ0) is 15.1. The normalized spacial score (nSPS) is 11.0. The van der Waals surface area contributed by atoms with E-state index >= 15 is 0 Å². The maximum Gasteiger partial charge on any atom is 0.343 e. The molecule has 0 aliphatic heterocycles. The number of fused-ring (bicyclic) bond motifs is 1. The first-order chi connectivity index (χ1) is 10.3. The van der Waals surface area contributed by atoms with Crippen molar-refractivity contribution in [1.82, 2.24) is 0 Å². The van der Waals surface area contributed by atoms with Crippen molar-refractivity contribution in [2.75, 3.05) is 6.61 Å². The predicted molar refractivity (Wildman–Crippen MR) is 86.1 cm³/mol. The summed E-state index contributed by atoms with van der Waals surface area (Å²) in [6.07, 6.45) is 6.02. The van der Waals surface area contributed by atoms with Crippen LogP contribution in [0.1, 0.15) is 51.5 Å². The first-order valence-electron chi connectivity index (χ1n) is 7.95. The Labute approximate surface area is 125 Å². The number of benzene rings is 1. The summed E-state index contributed by atoms with van der Waals surface area (Å²) in [5, 5.41) is 0.903. The molecule has 21 heavy (non-hydrogen) atoms. The number of para-hydroxylation sites is 1. The summed E-state index contributed by atoms with van der Waals surface area (Å²) < 4.78 is 11.4. The monoisotopic (exact) mass is 288 g/mol. The van der Waals surface area contributed by atoms with E-state index in [-0.39, 0.29) is 5.63 Å². The third kappa shape index (κ3) is 3.87. The van der Waals surface area contributed by atoms with Gasteiger partial charge in [-0.05, 0) is 31.4 Å². The fourth-order valence-corrected chi connectivity index (χ4v) is 2.41. The summed E-state index contributed by atoms with van der Waals surface area (Å²) in [5.74, 6) is 0.728. The molecule has 1 aromatic carbocycles. The van der Waals surface area contributed by atoms with Crippen molar-refractivity contribution in [1.29, 1.82) is 0 Å². The molecule has 2 aromatic rings. The Morgan fingerprint density at radius 3 is 2.57 bits per heavy atom. The first kappa shape index (κ1) is 15.6. The Morgan fingerprint density at radius 1 is 1.05 bits per heavy atom. The van der Waals surface area contributed by atoms with Gasteiger partial charge in [0.25, 0.3) is 0 Å². The van der Waals surface area contributed by atoms with Gasteiger partial charge < -0.3 is 9.15 Å². The van der Waals surface area contributed by atoms with E-state index in [4.69, 9.17) is 9.15 Å². The number of rotatable bonds is 8. The maximum atomic E-state index is 12.2. The standard InChI is InChI=1S/C18H24O3/c1-3-5-7-11-15-17(20-13-6-4-2)14-10-8-9-12-16(14)21-18(15)19/h8-10,12H,3-7,11,13H2,1-2H3. The van der Waals surface area contributed by atoms with Crippen molar-refractivity contribution in [3.8, 4) is 5.75 Å². The molecule has 0 unspecified atom stereocenters. The highest BCUT2D eigenvalue weighted by molar-refractivity contribution is 5.84. The summed E-state index contributed by atoms with van der Waals surface area (Å²) in [7, 11) is 0. The Morgan fingerprint density at radius 2 is 1.81 bits per heavy atom. The SMILES string of the molecule is CCCCCc1c(OCCCC)c2ccccc2oc1=O. The van der Waals surface area contributed by atoms with Gasteiger partial charge in [-0.25, -0.2) is 4.79 Å². The van der Waals surface area contributed by atoms with Crippen LogP contribution in [0.4, 0.5) is 0 Å². The van der Waals surface area contributed by atoms with Gasteiger partial charge in [-0.2, -0.15) is 0 Å². The Bertz CT molecular complexity index is 628. The largest absolute Gasteiger partial charge is 0.492 e. The van der Waals surface area contributed by atoms with Crippen LogP contribution in [0, 0.1) is 0 Å². The van der Waals surface area contributed by atoms with E-state index < -0.39 is 0 Å². The van der Waals surface area contributed by atoms with Crippen molar-refractivity contribution in [3.05, 3.63) is 40.2 Å². The van der Waals surface area contributed by atoms with Gasteiger partial charge in [0.05, 0.1) is 17.6 Å². The van der Waals surface area contributed by atoms with Crippen LogP contribution in [-0.2, 0) is 6.42 Å². The molecule has 0 aliphatic rings. The second-order valence-electron chi connectivity index (χ2n) is 5.35. The van der Waals surface area contributed by atoms with Crippen LogP contribution in [0.2, 0.25) is 0 Å². The van der Waals surface area contributed by atoms with Crippen LogP contribution in [0.25, 0.3) is 11.0 Å². The molecular formula is C18H24O3. The second-order valence-corrected chi connectivity index (χ2v) is 5.35. The fourth-order valence-electron chi connectivity index (χ4n) is 2.41. The van der Waals surface area contributed by atoms with Gasteiger partial charge in [-0.1, -0.05) is 45.2 Å². The molecule has 3 nitrogen and oxygen atoms in total. The highest BCUT2D eigenvalue weighted by Crippen LogP contribution is 2.28. The molecule has 0 radical (unpaired) electrons. The molecule has 0 spiro atoms. The average Bonchev–Trinajstić information content (AvgIpc) is 2.49. The van der Waals surface area contributed by atoms with E-state index in [9.17, 15) is 4.79 Å². The molecule has 0 aliphatic carbocycles. The highest BCUT2D eigenvalue weighted by Gasteiger charge is 2.15. The molecule has 2 rings (SSSR count). The van der Waals surface area contributed by atoms with Gasteiger partial charge in [0.15, 0.2) is 0 Å². The van der Waals surface area contributed by atoms with Crippen molar-refractivity contribution in [2.45, 2.75) is 52.4 Å². The third-order valence-electron chi connectivity index (χ3n) is 3.63. The molecule has 0 amide bonds. The number of unbranched alkanes of at least 4 members (excludes halogenated alkanes) is 3. The molecule has 3 heteroatoms. The lowest BCUT2D eigenvalue weighted by Gasteiger charge is -2.12. The van der Waals surface area contributed by atoms with Crippen LogP contribution in [0.3, 0.4) is 0 Å². The lowest BCUT2D eigenvalue weighted by atomic mass is 10.1. The molecule has 114 valence electrons. The van der Waals surface area contributed by atoms with Gasteiger partial charge in [-0.15, -0.1) is 0 Å². The lowest BCUT2D eigenvalue weighted by molar-refractivity contribution is 0.306. The molecule has 1 heterocycles. The van der Waals surface area contributed by atoms with Crippen LogP contribution < -0.4 is 10.4 Å². The highest BCUT2D eigenvalue weighted by atomic mass is 16.5. The van der Waals surface area contributed by atoms with Gasteiger partial charge in [-0.3, -0.25) is 0 Å². The van der Waals surface area contributed by atoms with E-state index in [0.29, 0.717) is 17.8 Å². The van der Waals surface area contributed by atoms with E-state index in [2.05, 4.69) is 13.8 Å². The van der Waals surface area contributed by atoms with Crippen molar-refractivity contribution in [2.24, 2.45) is 0 Å². The minimum absolute atomic E-state index is 0.253. The number of hydrogen-bond acceptors (Lipinski definition) is 3. The Balaban J connectivity index is 2.40. The number of ether oxygens (including phenoxy) is 1. The summed E-state index contributed by atoms with van der Waals surface area (Å²) in [6.45, 7) is 4.93. The van der Waals surface area contributed by atoms with Crippen molar-refractivity contribution in [3.63, 3.8) is 0 Å². The van der Waals surface area contributed by atoms with E-state index in [1.165, 1.54) is 0 Å². The van der Waals surface area contributed by atoms with E-state index in [1.807, 2.05) is 24.3 Å². The Kier molecular flexibility index (Phi) is 5.85. The zero-order valence-electron chi connectivity index (χ0n) is 13.0. The topological polar surface area (TPSA) is 39.4 Å². The number of hydrogen-bond donors (Lipinski definition) is 0. The molecule has 0 saturated heterocycles. The Hall–Kier alpha value is -1.77. The van der Waals surface area contributed by atoms with Gasteiger partial charge in [0, 0.05) is 0 Å². The van der Waals surface area contributed by atoms with E-state index in [0.717, 1.165) is 49.7 Å². The maximum absolute atomic E-state index is 12.2. The van der Waals surface area contributed by atoms with Crippen LogP contribution in [0.15, 0.2) is 33.5 Å². The smallest absolute Gasteiger partial charge is 0.343 e. The van der Waals surface area contributed by atoms with Crippen LogP contribution in [-0.4, -0.2) is 6.61 Å². The summed E-state index contributed by atoms with van der Waals surface area (Å²) in [5.41, 5.74) is 1.04. The first-order valence-corrected chi connectivity index (χ1v) is 7.95. The molecule has 0 bridgehead atoms. The summed E-state index contributed by atoms with van der Waals surface area (Å²) in [4.78, 5) is 12.2. The molecular weight excluding hydrogens is 264 g/mol. The van der Waals surface area contributed by atoms with Gasteiger partial charge >= 0.3 is 5.63 Å². The second kappa shape index (κ2) is 7.87. The average molecular weight is 288 g/mol. The fraction of sp³-hybridized carbons (Fsp3) is 0.500. The van der Waals surface area contributed by atoms with Gasteiger partial charge in [0.1, 0.15) is 11.3 Å². The predicted octanol–water partition coefficient (Wildman–Crippen LogP) is 4.70. The lowest BCUT2D eigenvalue weighted by Crippen LogP contribution is -2.12. The van der Waals surface area contributed by atoms with Crippen LogP contribution in [0.5, 0.6) is 5.75 Å². The van der Waals surface area contributed by atoms with Crippen molar-refractivity contribution < 1.29 is 9.15 Å².